The highest BCUT2D eigenvalue weighted by Crippen LogP contribution is 2.05. The normalized spacial score (nSPS) is 12.4. The summed E-state index contributed by atoms with van der Waals surface area (Å²) in [7, 11) is 0. The molecule has 0 saturated carbocycles. The van der Waals surface area contributed by atoms with E-state index in [-0.39, 0.29) is 5.57 Å². The van der Waals surface area contributed by atoms with E-state index in [1.165, 1.54) is 0 Å². The zero-order chi connectivity index (χ0) is 11.0. The number of hydrogen-bond donors (Lipinski definition) is 2. The van der Waals surface area contributed by atoms with Gasteiger partial charge in [-0.05, 0) is 13.3 Å². The number of ether oxygens (including phenoxy) is 1. The lowest BCUT2D eigenvalue weighted by Crippen LogP contribution is -2.11. The van der Waals surface area contributed by atoms with E-state index in [1.807, 2.05) is 0 Å². The molecule has 0 fully saturated rings. The molecule has 14 heavy (non-hydrogen) atoms. The summed E-state index contributed by atoms with van der Waals surface area (Å²) in [5.74, 6) is -0.955. The Kier molecular flexibility index (Phi) is 6.84. The number of nitrogens with two attached hydrogens (primary N) is 1. The van der Waals surface area contributed by atoms with E-state index in [2.05, 4.69) is 6.92 Å². The highest BCUT2D eigenvalue weighted by atomic mass is 16.5. The first-order chi connectivity index (χ1) is 6.59. The molecule has 3 N–H and O–H groups in total. The standard InChI is InChI=1S/C10H19NO3/c1-3-4-6-14-7-5-9(8(2)11)10(12)13/h3-7,11H2,1-2H3,(H,12,13)/b9-8-. The SMILES string of the molecule is CCCCOCC/C(C(=O)O)=C(\C)N. The number of allylic oxidation sites excluding steroid dienone is 1. The number of rotatable bonds is 7. The van der Waals surface area contributed by atoms with Crippen LogP contribution in [-0.2, 0) is 9.53 Å². The van der Waals surface area contributed by atoms with Gasteiger partial charge in [-0.3, -0.25) is 0 Å². The molecule has 0 rings (SSSR count). The van der Waals surface area contributed by atoms with Crippen molar-refractivity contribution in [3.05, 3.63) is 11.3 Å². The van der Waals surface area contributed by atoms with E-state index < -0.39 is 5.97 Å². The molecule has 82 valence electrons. The zero-order valence-corrected chi connectivity index (χ0v) is 8.88. The number of hydrogen-bond acceptors (Lipinski definition) is 3. The number of unbranched alkanes of at least 4 members (excludes halogenated alkanes) is 1. The smallest absolute Gasteiger partial charge is 0.333 e. The molecule has 0 unspecified atom stereocenters. The van der Waals surface area contributed by atoms with Crippen LogP contribution in [0, 0.1) is 0 Å². The first-order valence-electron chi connectivity index (χ1n) is 4.85. The molecule has 0 bridgehead atoms. The van der Waals surface area contributed by atoms with E-state index in [4.69, 9.17) is 15.6 Å². The summed E-state index contributed by atoms with van der Waals surface area (Å²) in [6.07, 6.45) is 2.46. The van der Waals surface area contributed by atoms with Crippen molar-refractivity contribution in [3.8, 4) is 0 Å². The van der Waals surface area contributed by atoms with E-state index in [9.17, 15) is 4.79 Å². The lowest BCUT2D eigenvalue weighted by atomic mass is 10.1. The first-order valence-corrected chi connectivity index (χ1v) is 4.85. The molecule has 0 aliphatic rings. The van der Waals surface area contributed by atoms with Gasteiger partial charge in [0, 0.05) is 18.7 Å². The molecule has 0 aliphatic heterocycles. The quantitative estimate of drug-likeness (QED) is 0.483. The van der Waals surface area contributed by atoms with Gasteiger partial charge in [0.1, 0.15) is 0 Å². The Labute approximate surface area is 84.7 Å². The largest absolute Gasteiger partial charge is 0.478 e. The van der Waals surface area contributed by atoms with Crippen molar-refractivity contribution < 1.29 is 14.6 Å². The van der Waals surface area contributed by atoms with Gasteiger partial charge < -0.3 is 15.6 Å². The molecule has 4 nitrogen and oxygen atoms in total. The van der Waals surface area contributed by atoms with Crippen molar-refractivity contribution >= 4 is 5.97 Å². The minimum Gasteiger partial charge on any atom is -0.478 e. The summed E-state index contributed by atoms with van der Waals surface area (Å²) in [6.45, 7) is 4.79. The Bertz CT molecular complexity index is 207. The summed E-state index contributed by atoms with van der Waals surface area (Å²) in [5.41, 5.74) is 6.03. The molecule has 0 radical (unpaired) electrons. The van der Waals surface area contributed by atoms with Gasteiger partial charge in [-0.2, -0.15) is 0 Å². The minimum atomic E-state index is -0.955. The molecule has 0 aromatic carbocycles. The fourth-order valence-corrected chi connectivity index (χ4v) is 0.995. The molecule has 0 heterocycles. The number of aliphatic carboxylic acids is 1. The van der Waals surface area contributed by atoms with E-state index in [0.717, 1.165) is 12.8 Å². The van der Waals surface area contributed by atoms with E-state index in [1.54, 1.807) is 6.92 Å². The summed E-state index contributed by atoms with van der Waals surface area (Å²) in [5, 5.41) is 8.75. The fourth-order valence-electron chi connectivity index (χ4n) is 0.995. The van der Waals surface area contributed by atoms with Gasteiger partial charge in [0.25, 0.3) is 0 Å². The molecule has 4 heteroatoms. The second-order valence-electron chi connectivity index (χ2n) is 3.18. The Morgan fingerprint density at radius 3 is 2.50 bits per heavy atom. The van der Waals surface area contributed by atoms with Crippen molar-refractivity contribution in [1.82, 2.24) is 0 Å². The second-order valence-corrected chi connectivity index (χ2v) is 3.18. The maximum Gasteiger partial charge on any atom is 0.333 e. The van der Waals surface area contributed by atoms with Gasteiger partial charge in [0.05, 0.1) is 12.2 Å². The van der Waals surface area contributed by atoms with E-state index in [0.29, 0.717) is 25.3 Å². The van der Waals surface area contributed by atoms with Crippen molar-refractivity contribution in [2.45, 2.75) is 33.1 Å². The molecular formula is C10H19NO3. The monoisotopic (exact) mass is 201 g/mol. The maximum absolute atomic E-state index is 10.7. The number of carbonyl (C=O) groups is 1. The first kappa shape index (κ1) is 13.0. The van der Waals surface area contributed by atoms with Crippen LogP contribution in [0.25, 0.3) is 0 Å². The van der Waals surface area contributed by atoms with Gasteiger partial charge >= 0.3 is 5.97 Å². The number of carboxylic acid groups (broad SMARTS) is 1. The van der Waals surface area contributed by atoms with Crippen LogP contribution in [0.5, 0.6) is 0 Å². The van der Waals surface area contributed by atoms with Crippen LogP contribution in [0.15, 0.2) is 11.3 Å². The molecule has 0 atom stereocenters. The Hall–Kier alpha value is -1.03. The summed E-state index contributed by atoms with van der Waals surface area (Å²) in [4.78, 5) is 10.7. The molecule has 0 aromatic rings. The van der Waals surface area contributed by atoms with Crippen LogP contribution >= 0.6 is 0 Å². The van der Waals surface area contributed by atoms with Gasteiger partial charge in [-0.1, -0.05) is 13.3 Å². The third kappa shape index (κ3) is 5.59. The van der Waals surface area contributed by atoms with E-state index >= 15 is 0 Å². The topological polar surface area (TPSA) is 72.5 Å². The fraction of sp³-hybridized carbons (Fsp3) is 0.700. The summed E-state index contributed by atoms with van der Waals surface area (Å²) in [6, 6.07) is 0. The molecule has 0 aliphatic carbocycles. The minimum absolute atomic E-state index is 0.251. The average Bonchev–Trinajstić information content (AvgIpc) is 2.09. The lowest BCUT2D eigenvalue weighted by molar-refractivity contribution is -0.133. The predicted octanol–water partition coefficient (Wildman–Crippen LogP) is 1.51. The molecule has 0 saturated heterocycles. The predicted molar refractivity (Wildman–Crippen MR) is 54.9 cm³/mol. The third-order valence-electron chi connectivity index (χ3n) is 1.87. The van der Waals surface area contributed by atoms with Crippen LogP contribution in [0.4, 0.5) is 0 Å². The van der Waals surface area contributed by atoms with Gasteiger partial charge in [-0.25, -0.2) is 4.79 Å². The summed E-state index contributed by atoms with van der Waals surface area (Å²) >= 11 is 0. The summed E-state index contributed by atoms with van der Waals surface area (Å²) < 4.78 is 5.25. The van der Waals surface area contributed by atoms with Gasteiger partial charge in [0.15, 0.2) is 0 Å². The van der Waals surface area contributed by atoms with Gasteiger partial charge in [0.2, 0.25) is 0 Å². The molecule has 0 amide bonds. The number of carboxylic acids is 1. The zero-order valence-electron chi connectivity index (χ0n) is 8.88. The third-order valence-corrected chi connectivity index (χ3v) is 1.87. The molecule has 0 spiro atoms. The van der Waals surface area contributed by atoms with Crippen LogP contribution in [0.1, 0.15) is 33.1 Å². The maximum atomic E-state index is 10.7. The van der Waals surface area contributed by atoms with Crippen molar-refractivity contribution in [3.63, 3.8) is 0 Å². The van der Waals surface area contributed by atoms with Gasteiger partial charge in [-0.15, -0.1) is 0 Å². The molecular weight excluding hydrogens is 182 g/mol. The molecule has 0 aromatic heterocycles. The van der Waals surface area contributed by atoms with Crippen LogP contribution in [0.2, 0.25) is 0 Å². The Balaban J connectivity index is 3.75. The average molecular weight is 201 g/mol. The van der Waals surface area contributed by atoms with Crippen LogP contribution in [-0.4, -0.2) is 24.3 Å². The highest BCUT2D eigenvalue weighted by molar-refractivity contribution is 5.87. The van der Waals surface area contributed by atoms with Crippen molar-refractivity contribution in [2.75, 3.05) is 13.2 Å². The van der Waals surface area contributed by atoms with Crippen molar-refractivity contribution in [1.29, 1.82) is 0 Å². The second kappa shape index (κ2) is 7.38. The Morgan fingerprint density at radius 2 is 2.07 bits per heavy atom. The van der Waals surface area contributed by atoms with Crippen LogP contribution < -0.4 is 5.73 Å². The van der Waals surface area contributed by atoms with Crippen LogP contribution in [0.3, 0.4) is 0 Å². The lowest BCUT2D eigenvalue weighted by Gasteiger charge is -2.05. The highest BCUT2D eigenvalue weighted by Gasteiger charge is 2.09. The van der Waals surface area contributed by atoms with Crippen molar-refractivity contribution in [2.24, 2.45) is 5.73 Å². The Morgan fingerprint density at radius 1 is 1.43 bits per heavy atom.